The van der Waals surface area contributed by atoms with E-state index in [9.17, 15) is 0 Å². The first-order chi connectivity index (χ1) is 27.7. The van der Waals surface area contributed by atoms with Gasteiger partial charge >= 0.3 is 0 Å². The summed E-state index contributed by atoms with van der Waals surface area (Å²) in [6, 6.07) is 43.2. The summed E-state index contributed by atoms with van der Waals surface area (Å²) in [7, 11) is 0. The van der Waals surface area contributed by atoms with Crippen LogP contribution in [0, 0.1) is 25.8 Å². The third-order valence-electron chi connectivity index (χ3n) is 9.31. The second-order valence-corrected chi connectivity index (χ2v) is 13.5. The second-order valence-electron chi connectivity index (χ2n) is 13.5. The Morgan fingerprint density at radius 1 is 0.717 bits per heavy atom. The smallest absolute Gasteiger partial charge is 0.156 e. The maximum absolute atomic E-state index is 7.28. The van der Waals surface area contributed by atoms with Gasteiger partial charge in [0.2, 0.25) is 0 Å². The van der Waals surface area contributed by atoms with Gasteiger partial charge in [-0.25, -0.2) is 4.98 Å². The van der Waals surface area contributed by atoms with Crippen LogP contribution in [0.15, 0.2) is 126 Å². The Balaban J connectivity index is 0.000000214. The molecule has 5 aromatic carbocycles. The van der Waals surface area contributed by atoms with Crippen LogP contribution in [0.5, 0.6) is 0 Å². The Labute approximate surface area is 332 Å². The van der Waals surface area contributed by atoms with Gasteiger partial charge in [0, 0.05) is 51.0 Å². The molecular weight excluding hydrogens is 829 g/mol. The van der Waals surface area contributed by atoms with Crippen molar-refractivity contribution in [2.45, 2.75) is 53.2 Å². The molecule has 265 valence electrons. The van der Waals surface area contributed by atoms with E-state index in [1.54, 1.807) is 12.1 Å². The van der Waals surface area contributed by atoms with Crippen molar-refractivity contribution < 1.29 is 32.7 Å². The molecule has 0 aliphatic carbocycles. The summed E-state index contributed by atoms with van der Waals surface area (Å²) < 4.78 is 52.4. The average Bonchev–Trinajstić information content (AvgIpc) is 3.77. The predicted molar refractivity (Wildman–Crippen MR) is 214 cm³/mol. The molecule has 53 heavy (non-hydrogen) atoms. The Morgan fingerprint density at radius 3 is 2.19 bits per heavy atom. The minimum absolute atomic E-state index is 0. The van der Waals surface area contributed by atoms with E-state index in [4.69, 9.17) is 22.6 Å². The molecule has 0 aliphatic rings. The maximum Gasteiger partial charge on any atom is 0.156 e. The van der Waals surface area contributed by atoms with Crippen LogP contribution in [0.3, 0.4) is 0 Å². The van der Waals surface area contributed by atoms with Crippen LogP contribution in [-0.4, -0.2) is 19.5 Å². The molecule has 0 spiro atoms. The number of hydrogen-bond donors (Lipinski definition) is 0. The molecule has 0 saturated carbocycles. The number of pyridine rings is 2. The predicted octanol–water partition coefficient (Wildman–Crippen LogP) is 12.4. The molecule has 5 nitrogen and oxygen atoms in total. The van der Waals surface area contributed by atoms with E-state index in [0.29, 0.717) is 23.1 Å². The molecule has 9 aromatic rings. The minimum atomic E-state index is -2.18. The third-order valence-corrected chi connectivity index (χ3v) is 9.31. The molecule has 0 amide bonds. The molecule has 4 aromatic heterocycles. The van der Waals surface area contributed by atoms with E-state index in [1.807, 2.05) is 36.4 Å². The number of nitrogens with zero attached hydrogens (tertiary/aromatic N) is 4. The van der Waals surface area contributed by atoms with Crippen LogP contribution < -0.4 is 0 Å². The van der Waals surface area contributed by atoms with Gasteiger partial charge in [-0.05, 0) is 59.3 Å². The summed E-state index contributed by atoms with van der Waals surface area (Å²) in [5.74, 6) is 1.43. The summed E-state index contributed by atoms with van der Waals surface area (Å²) in [5.41, 5.74) is 10.4. The number of aryl methyl sites for hydroxylation is 2. The number of para-hydroxylation sites is 3. The number of aromatic nitrogens is 4. The molecule has 0 atom stereocenters. The van der Waals surface area contributed by atoms with E-state index >= 15 is 0 Å². The number of benzene rings is 5. The van der Waals surface area contributed by atoms with Gasteiger partial charge in [-0.2, -0.15) is 0 Å². The maximum atomic E-state index is 7.28. The quantitative estimate of drug-likeness (QED) is 0.162. The first-order valence-corrected chi connectivity index (χ1v) is 17.4. The van der Waals surface area contributed by atoms with Crippen molar-refractivity contribution in [3.63, 3.8) is 0 Å². The molecule has 6 heteroatoms. The summed E-state index contributed by atoms with van der Waals surface area (Å²) in [6.45, 7) is 4.65. The molecule has 0 N–H and O–H groups in total. The average molecular weight is 875 g/mol. The zero-order chi connectivity index (χ0) is 40.9. The fourth-order valence-electron chi connectivity index (χ4n) is 6.75. The molecule has 0 fully saturated rings. The second kappa shape index (κ2) is 14.9. The number of furan rings is 1. The molecule has 0 unspecified atom stereocenters. The number of rotatable bonds is 5. The van der Waals surface area contributed by atoms with Crippen LogP contribution >= 0.6 is 0 Å². The van der Waals surface area contributed by atoms with Gasteiger partial charge in [0.25, 0.3) is 0 Å². The van der Waals surface area contributed by atoms with Gasteiger partial charge < -0.3 is 14.0 Å². The fourth-order valence-corrected chi connectivity index (χ4v) is 6.75. The number of fused-ring (bicyclic) bond motifs is 5. The first-order valence-electron chi connectivity index (χ1n) is 20.4. The van der Waals surface area contributed by atoms with E-state index in [1.165, 1.54) is 35.5 Å². The Kier molecular flexibility index (Phi) is 8.18. The zero-order valence-electron chi connectivity index (χ0n) is 35.7. The van der Waals surface area contributed by atoms with Crippen molar-refractivity contribution in [1.29, 1.82) is 0 Å². The van der Waals surface area contributed by atoms with E-state index in [0.717, 1.165) is 61.1 Å². The fraction of sp³-hybridized carbons (Fsp3) is 0.170. The molecule has 0 aliphatic heterocycles. The Morgan fingerprint density at radius 2 is 1.47 bits per heavy atom. The van der Waals surface area contributed by atoms with Gasteiger partial charge in [-0.15, -0.1) is 53.6 Å². The van der Waals surface area contributed by atoms with Crippen molar-refractivity contribution in [1.82, 2.24) is 19.5 Å². The Bertz CT molecular complexity index is 2850. The molecular formula is C47H40IrN4O-2. The largest absolute Gasteiger partial charge is 0.501 e. The van der Waals surface area contributed by atoms with Crippen molar-refractivity contribution in [2.24, 2.45) is 0 Å². The van der Waals surface area contributed by atoms with E-state index < -0.39 is 13.7 Å². The van der Waals surface area contributed by atoms with Gasteiger partial charge in [0.05, 0.1) is 22.4 Å². The van der Waals surface area contributed by atoms with Crippen molar-refractivity contribution in [2.75, 3.05) is 0 Å². The van der Waals surface area contributed by atoms with Crippen molar-refractivity contribution >= 4 is 44.0 Å². The molecule has 0 saturated heterocycles. The number of imidazole rings is 1. The Hall–Kier alpha value is -5.42. The van der Waals surface area contributed by atoms with Crippen LogP contribution in [0.25, 0.3) is 72.3 Å². The SMILES string of the molecule is CC(C)c1cccc(C(C)C)c1-n1c(-c2[c-]ccc3c2oc2ccccc23)nc2cc3ccccc3nc21.[2H]C([2H])([2H])c1c[c-]c(-c2ccc(C([2H])([2H])[2H])cn2)cc1.[Ir]. The number of hydrogen-bond acceptors (Lipinski definition) is 4. The molecule has 4 heterocycles. The van der Waals surface area contributed by atoms with E-state index in [-0.39, 0.29) is 31.2 Å². The first kappa shape index (κ1) is 29.1. The van der Waals surface area contributed by atoms with Gasteiger partial charge in [-0.3, -0.25) is 4.98 Å². The molecule has 1 radical (unpaired) electrons. The summed E-state index contributed by atoms with van der Waals surface area (Å²) in [5, 5.41) is 3.23. The normalized spacial score (nSPS) is 13.5. The van der Waals surface area contributed by atoms with Crippen molar-refractivity contribution in [3.05, 3.63) is 156 Å². The van der Waals surface area contributed by atoms with Gasteiger partial charge in [-0.1, -0.05) is 112 Å². The third kappa shape index (κ3) is 6.81. The molecule has 0 bridgehead atoms. The van der Waals surface area contributed by atoms with Crippen LogP contribution in [0.2, 0.25) is 0 Å². The van der Waals surface area contributed by atoms with Crippen LogP contribution in [0.4, 0.5) is 0 Å². The molecule has 9 rings (SSSR count). The van der Waals surface area contributed by atoms with Crippen LogP contribution in [-0.2, 0) is 20.1 Å². The van der Waals surface area contributed by atoms with Crippen LogP contribution in [0.1, 0.15) is 70.0 Å². The minimum Gasteiger partial charge on any atom is -0.501 e. The standard InChI is InChI=1S/C34H28N3O.C13H12N.Ir/c1-20(2)23-13-9-14-24(21(3)4)31(23)37-33(36-29-19-22-11-5-7-17-28(22)35-34(29)37)27-16-10-15-26-25-12-6-8-18-30(25)38-32(26)27;1-10-3-6-12(7-4-10)13-8-5-11(2)9-14-13;/h5-15,17-21H,1-4H3;3-6,8-9H,1-2H3;/q2*-1;/i;1D3,2D3;. The van der Waals surface area contributed by atoms with E-state index in [2.05, 4.69) is 97.9 Å². The van der Waals surface area contributed by atoms with Gasteiger partial charge in [0.15, 0.2) is 5.65 Å². The summed E-state index contributed by atoms with van der Waals surface area (Å²) in [6.07, 6.45) is 1.30. The summed E-state index contributed by atoms with van der Waals surface area (Å²) >= 11 is 0. The monoisotopic (exact) mass is 875 g/mol. The van der Waals surface area contributed by atoms with Gasteiger partial charge in [0.1, 0.15) is 5.58 Å². The summed E-state index contributed by atoms with van der Waals surface area (Å²) in [4.78, 5) is 14.5. The topological polar surface area (TPSA) is 56.7 Å². The van der Waals surface area contributed by atoms with Crippen molar-refractivity contribution in [3.8, 4) is 28.3 Å². The zero-order valence-corrected chi connectivity index (χ0v) is 32.1.